The van der Waals surface area contributed by atoms with Crippen molar-refractivity contribution in [2.24, 2.45) is 0 Å². The molecule has 2 aromatic carbocycles. The van der Waals surface area contributed by atoms with Crippen LogP contribution >= 0.6 is 0 Å². The molecule has 1 amide bonds. The maximum Gasteiger partial charge on any atom is 0.264 e. The average molecular weight is 422 g/mol. The molecule has 0 saturated heterocycles. The van der Waals surface area contributed by atoms with Crippen LogP contribution in [0.15, 0.2) is 71.8 Å². The first-order valence-corrected chi connectivity index (χ1v) is 11.3. The molecular formula is C23H23N3O3S. The van der Waals surface area contributed by atoms with Crippen LogP contribution in [-0.4, -0.2) is 25.9 Å². The van der Waals surface area contributed by atoms with Crippen LogP contribution in [0.25, 0.3) is 0 Å². The van der Waals surface area contributed by atoms with Crippen molar-refractivity contribution in [3.05, 3.63) is 89.2 Å². The van der Waals surface area contributed by atoms with E-state index in [2.05, 4.69) is 10.3 Å². The molecule has 7 heteroatoms. The number of sulfonamides is 1. The summed E-state index contributed by atoms with van der Waals surface area (Å²) in [5.41, 5.74) is 3.82. The zero-order valence-corrected chi connectivity index (χ0v) is 17.5. The molecule has 0 fully saturated rings. The van der Waals surface area contributed by atoms with Gasteiger partial charge >= 0.3 is 0 Å². The first kappa shape index (κ1) is 20.1. The SMILES string of the molecule is Cc1ccc(CNC(=O)c2cccc(S(=O)(=O)N3CCCc4ccccc43)c2)cn1. The summed E-state index contributed by atoms with van der Waals surface area (Å²) in [5.74, 6) is -0.327. The minimum absolute atomic E-state index is 0.115. The lowest BCUT2D eigenvalue weighted by molar-refractivity contribution is 0.0950. The number of benzene rings is 2. The quantitative estimate of drug-likeness (QED) is 0.684. The summed E-state index contributed by atoms with van der Waals surface area (Å²) in [6, 6.07) is 17.5. The number of aromatic nitrogens is 1. The molecule has 0 atom stereocenters. The van der Waals surface area contributed by atoms with Gasteiger partial charge < -0.3 is 5.32 Å². The van der Waals surface area contributed by atoms with Gasteiger partial charge in [0.1, 0.15) is 0 Å². The van der Waals surface area contributed by atoms with Crippen LogP contribution in [-0.2, 0) is 23.0 Å². The number of hydrogen-bond donors (Lipinski definition) is 1. The van der Waals surface area contributed by atoms with Gasteiger partial charge in [-0.25, -0.2) is 8.42 Å². The van der Waals surface area contributed by atoms with Crippen LogP contribution in [0, 0.1) is 6.92 Å². The van der Waals surface area contributed by atoms with Crippen molar-refractivity contribution < 1.29 is 13.2 Å². The summed E-state index contributed by atoms with van der Waals surface area (Å²) < 4.78 is 28.1. The number of carbonyl (C=O) groups excluding carboxylic acids is 1. The van der Waals surface area contributed by atoms with Crippen LogP contribution < -0.4 is 9.62 Å². The molecule has 3 aromatic rings. The fourth-order valence-corrected chi connectivity index (χ4v) is 5.15. The van der Waals surface area contributed by atoms with Crippen molar-refractivity contribution in [1.82, 2.24) is 10.3 Å². The Kier molecular flexibility index (Phi) is 5.55. The molecule has 1 aliphatic rings. The van der Waals surface area contributed by atoms with Crippen molar-refractivity contribution in [2.75, 3.05) is 10.8 Å². The number of aryl methyl sites for hydroxylation is 2. The highest BCUT2D eigenvalue weighted by Gasteiger charge is 2.29. The third-order valence-corrected chi connectivity index (χ3v) is 6.99. The first-order valence-electron chi connectivity index (χ1n) is 9.85. The van der Waals surface area contributed by atoms with E-state index < -0.39 is 10.0 Å². The second kappa shape index (κ2) is 8.28. The molecule has 0 aliphatic carbocycles. The lowest BCUT2D eigenvalue weighted by Gasteiger charge is -2.30. The molecule has 2 heterocycles. The van der Waals surface area contributed by atoms with Gasteiger partial charge in [0.25, 0.3) is 15.9 Å². The van der Waals surface area contributed by atoms with Crippen molar-refractivity contribution in [3.8, 4) is 0 Å². The third kappa shape index (κ3) is 4.07. The van der Waals surface area contributed by atoms with Crippen LogP contribution in [0.3, 0.4) is 0 Å². The van der Waals surface area contributed by atoms with Crippen LogP contribution in [0.4, 0.5) is 5.69 Å². The topological polar surface area (TPSA) is 79.4 Å². The van der Waals surface area contributed by atoms with E-state index in [1.54, 1.807) is 18.3 Å². The lowest BCUT2D eigenvalue weighted by atomic mass is 10.0. The number of pyridine rings is 1. The number of carbonyl (C=O) groups is 1. The van der Waals surface area contributed by atoms with Crippen molar-refractivity contribution in [1.29, 1.82) is 0 Å². The minimum Gasteiger partial charge on any atom is -0.348 e. The highest BCUT2D eigenvalue weighted by molar-refractivity contribution is 7.92. The van der Waals surface area contributed by atoms with Crippen LogP contribution in [0.1, 0.15) is 33.6 Å². The van der Waals surface area contributed by atoms with Gasteiger partial charge in [0.2, 0.25) is 0 Å². The number of anilines is 1. The van der Waals surface area contributed by atoms with E-state index in [9.17, 15) is 13.2 Å². The van der Waals surface area contributed by atoms with Gasteiger partial charge in [-0.3, -0.25) is 14.1 Å². The summed E-state index contributed by atoms with van der Waals surface area (Å²) >= 11 is 0. The number of hydrogen-bond acceptors (Lipinski definition) is 4. The molecule has 0 saturated carbocycles. The normalized spacial score (nSPS) is 13.6. The molecule has 0 radical (unpaired) electrons. The van der Waals surface area contributed by atoms with Crippen LogP contribution in [0.5, 0.6) is 0 Å². The third-order valence-electron chi connectivity index (χ3n) is 5.18. The zero-order valence-electron chi connectivity index (χ0n) is 16.7. The van der Waals surface area contributed by atoms with E-state index in [1.165, 1.54) is 16.4 Å². The average Bonchev–Trinajstić information content (AvgIpc) is 2.78. The maximum absolute atomic E-state index is 13.3. The van der Waals surface area contributed by atoms with Crippen molar-refractivity contribution in [3.63, 3.8) is 0 Å². The fourth-order valence-electron chi connectivity index (χ4n) is 3.56. The lowest BCUT2D eigenvalue weighted by Crippen LogP contribution is -2.35. The van der Waals surface area contributed by atoms with Gasteiger partial charge in [0.05, 0.1) is 10.6 Å². The molecule has 6 nitrogen and oxygen atoms in total. The van der Waals surface area contributed by atoms with Crippen molar-refractivity contribution in [2.45, 2.75) is 31.2 Å². The van der Waals surface area contributed by atoms with Gasteiger partial charge in [0.15, 0.2) is 0 Å². The molecule has 4 rings (SSSR count). The Morgan fingerprint density at radius 3 is 2.73 bits per heavy atom. The highest BCUT2D eigenvalue weighted by atomic mass is 32.2. The van der Waals surface area contributed by atoms with E-state index in [-0.39, 0.29) is 10.8 Å². The Hall–Kier alpha value is -3.19. The Labute approximate surface area is 176 Å². The maximum atomic E-state index is 13.3. The van der Waals surface area contributed by atoms with E-state index in [1.807, 2.05) is 43.3 Å². The summed E-state index contributed by atoms with van der Waals surface area (Å²) in [4.78, 5) is 16.9. The predicted octanol–water partition coefficient (Wildman–Crippen LogP) is 3.46. The molecule has 1 aromatic heterocycles. The van der Waals surface area contributed by atoms with Gasteiger partial charge in [-0.2, -0.15) is 0 Å². The summed E-state index contributed by atoms with van der Waals surface area (Å²) in [7, 11) is -3.76. The Balaban J connectivity index is 1.55. The largest absolute Gasteiger partial charge is 0.348 e. The zero-order chi connectivity index (χ0) is 21.1. The van der Waals surface area contributed by atoms with Crippen molar-refractivity contribution >= 4 is 21.6 Å². The molecule has 0 bridgehead atoms. The number of amides is 1. The number of fused-ring (bicyclic) bond motifs is 1. The van der Waals surface area contributed by atoms with Gasteiger partial charge in [-0.05, 0) is 61.2 Å². The number of para-hydroxylation sites is 1. The van der Waals surface area contributed by atoms with E-state index in [0.29, 0.717) is 24.3 Å². The minimum atomic E-state index is -3.76. The molecule has 1 aliphatic heterocycles. The van der Waals surface area contributed by atoms with Gasteiger partial charge in [0, 0.05) is 30.5 Å². The number of nitrogens with zero attached hydrogens (tertiary/aromatic N) is 2. The second-order valence-electron chi connectivity index (χ2n) is 7.33. The van der Waals surface area contributed by atoms with E-state index >= 15 is 0 Å². The van der Waals surface area contributed by atoms with Gasteiger partial charge in [-0.15, -0.1) is 0 Å². The first-order chi connectivity index (χ1) is 14.4. The molecule has 30 heavy (non-hydrogen) atoms. The van der Waals surface area contributed by atoms with Gasteiger partial charge in [-0.1, -0.05) is 30.3 Å². The molecule has 0 spiro atoms. The molecule has 154 valence electrons. The van der Waals surface area contributed by atoms with E-state index in [4.69, 9.17) is 0 Å². The standard InChI is InChI=1S/C23H23N3O3S/c1-17-11-12-18(15-24-17)16-25-23(27)20-7-4-9-21(14-20)30(28,29)26-13-5-8-19-6-2-3-10-22(19)26/h2-4,6-7,9-12,14-15H,5,8,13,16H2,1H3,(H,25,27). The molecule has 1 N–H and O–H groups in total. The summed E-state index contributed by atoms with van der Waals surface area (Å²) in [6.07, 6.45) is 3.34. The fraction of sp³-hybridized carbons (Fsp3) is 0.217. The van der Waals surface area contributed by atoms with E-state index in [0.717, 1.165) is 29.7 Å². The molecule has 0 unspecified atom stereocenters. The summed E-state index contributed by atoms with van der Waals surface area (Å²) in [5, 5.41) is 2.82. The Morgan fingerprint density at radius 1 is 1.10 bits per heavy atom. The van der Waals surface area contributed by atoms with Crippen LogP contribution in [0.2, 0.25) is 0 Å². The smallest absolute Gasteiger partial charge is 0.264 e. The second-order valence-corrected chi connectivity index (χ2v) is 9.19. The number of rotatable bonds is 5. The molecular weight excluding hydrogens is 398 g/mol. The summed E-state index contributed by atoms with van der Waals surface area (Å²) in [6.45, 7) is 2.65. The Morgan fingerprint density at radius 2 is 1.93 bits per heavy atom. The number of nitrogens with one attached hydrogen (secondary N) is 1. The Bertz CT molecular complexity index is 1170. The predicted molar refractivity (Wildman–Crippen MR) is 116 cm³/mol. The highest BCUT2D eigenvalue weighted by Crippen LogP contribution is 2.31. The monoisotopic (exact) mass is 421 g/mol.